The van der Waals surface area contributed by atoms with E-state index in [0.717, 1.165) is 16.3 Å². The van der Waals surface area contributed by atoms with Crippen molar-refractivity contribution in [2.75, 3.05) is 17.8 Å². The van der Waals surface area contributed by atoms with Crippen LogP contribution in [0.15, 0.2) is 45.9 Å². The van der Waals surface area contributed by atoms with Crippen molar-refractivity contribution in [1.82, 2.24) is 0 Å². The molecule has 0 aliphatic carbocycles. The zero-order valence-corrected chi connectivity index (χ0v) is 13.1. The zero-order chi connectivity index (χ0) is 15.7. The number of furan rings is 1. The molecular weight excluding hydrogens is 302 g/mol. The lowest BCUT2D eigenvalue weighted by Gasteiger charge is -2.34. The third-order valence-corrected chi connectivity index (χ3v) is 4.80. The molecule has 1 amide bonds. The summed E-state index contributed by atoms with van der Waals surface area (Å²) in [4.78, 5) is 27.0. The number of hydrogen-bond donors (Lipinski definition) is 0. The van der Waals surface area contributed by atoms with Crippen LogP contribution in [0.25, 0.3) is 0 Å². The second-order valence-corrected chi connectivity index (χ2v) is 6.06. The maximum atomic E-state index is 12.8. The molecule has 0 fully saturated rings. The predicted molar refractivity (Wildman–Crippen MR) is 83.5 cm³/mol. The van der Waals surface area contributed by atoms with Crippen LogP contribution in [-0.4, -0.2) is 30.8 Å². The van der Waals surface area contributed by atoms with Crippen LogP contribution in [0.3, 0.4) is 0 Å². The van der Waals surface area contributed by atoms with Gasteiger partial charge in [-0.05, 0) is 19.1 Å². The minimum absolute atomic E-state index is 0.0408. The van der Waals surface area contributed by atoms with E-state index in [0.29, 0.717) is 0 Å². The summed E-state index contributed by atoms with van der Waals surface area (Å²) in [6, 6.07) is 9.23. The Kier molecular flexibility index (Phi) is 3.94. The molecule has 2 heterocycles. The standard InChI is InChI=1S/C16H15NO4S/c1-10-9-22-14-6-4-3-5-12(14)17(10)15(18)13-7-11(8-21-13)16(19)20-2/h3-8,10H,9H2,1-2H3/t10-/m1/s1. The van der Waals surface area contributed by atoms with Gasteiger partial charge < -0.3 is 14.1 Å². The topological polar surface area (TPSA) is 59.8 Å². The molecule has 0 radical (unpaired) electrons. The van der Waals surface area contributed by atoms with E-state index in [-0.39, 0.29) is 23.3 Å². The third kappa shape index (κ3) is 2.50. The number of para-hydroxylation sites is 1. The lowest BCUT2D eigenvalue weighted by Crippen LogP contribution is -2.42. The molecule has 6 heteroatoms. The molecule has 0 spiro atoms. The normalized spacial score (nSPS) is 17.0. The number of benzene rings is 1. The first-order chi connectivity index (χ1) is 10.6. The van der Waals surface area contributed by atoms with Crippen LogP contribution < -0.4 is 4.90 Å². The number of carbonyl (C=O) groups excluding carboxylic acids is 2. The van der Waals surface area contributed by atoms with Gasteiger partial charge in [-0.1, -0.05) is 12.1 Å². The summed E-state index contributed by atoms with van der Waals surface area (Å²) in [5.74, 6) is 0.169. The number of methoxy groups -OCH3 is 1. The molecule has 0 bridgehead atoms. The first-order valence-electron chi connectivity index (χ1n) is 6.84. The van der Waals surface area contributed by atoms with E-state index in [9.17, 15) is 9.59 Å². The van der Waals surface area contributed by atoms with Crippen molar-refractivity contribution in [3.63, 3.8) is 0 Å². The third-order valence-electron chi connectivity index (χ3n) is 3.50. The molecule has 0 saturated heterocycles. The molecule has 1 aliphatic heterocycles. The van der Waals surface area contributed by atoms with Crippen molar-refractivity contribution >= 4 is 29.3 Å². The fourth-order valence-corrected chi connectivity index (χ4v) is 3.46. The fraction of sp³-hybridized carbons (Fsp3) is 0.250. The smallest absolute Gasteiger partial charge is 0.341 e. The largest absolute Gasteiger partial charge is 0.465 e. The van der Waals surface area contributed by atoms with Crippen LogP contribution in [0.4, 0.5) is 5.69 Å². The van der Waals surface area contributed by atoms with E-state index < -0.39 is 5.97 Å². The van der Waals surface area contributed by atoms with Gasteiger partial charge in [0.2, 0.25) is 0 Å². The minimum Gasteiger partial charge on any atom is -0.465 e. The Morgan fingerprint density at radius 2 is 2.14 bits per heavy atom. The summed E-state index contributed by atoms with van der Waals surface area (Å²) < 4.78 is 9.89. The fourth-order valence-electron chi connectivity index (χ4n) is 2.40. The zero-order valence-electron chi connectivity index (χ0n) is 12.2. The van der Waals surface area contributed by atoms with Crippen molar-refractivity contribution in [1.29, 1.82) is 0 Å². The summed E-state index contributed by atoms with van der Waals surface area (Å²) in [5, 5.41) is 0. The summed E-state index contributed by atoms with van der Waals surface area (Å²) in [5.41, 5.74) is 1.10. The number of nitrogens with zero attached hydrogens (tertiary/aromatic N) is 1. The molecular formula is C16H15NO4S. The van der Waals surface area contributed by atoms with Crippen LogP contribution in [0.5, 0.6) is 0 Å². The summed E-state index contributed by atoms with van der Waals surface area (Å²) in [7, 11) is 1.29. The van der Waals surface area contributed by atoms with Crippen molar-refractivity contribution < 1.29 is 18.7 Å². The Labute approximate surface area is 132 Å². The lowest BCUT2D eigenvalue weighted by molar-refractivity contribution is 0.0600. The van der Waals surface area contributed by atoms with E-state index in [1.165, 1.54) is 19.4 Å². The van der Waals surface area contributed by atoms with Gasteiger partial charge in [0.1, 0.15) is 6.26 Å². The number of anilines is 1. The second kappa shape index (κ2) is 5.88. The maximum Gasteiger partial charge on any atom is 0.341 e. The van der Waals surface area contributed by atoms with Crippen LogP contribution in [0, 0.1) is 0 Å². The molecule has 5 nitrogen and oxygen atoms in total. The minimum atomic E-state index is -0.523. The highest BCUT2D eigenvalue weighted by Crippen LogP contribution is 2.38. The molecule has 2 aromatic rings. The Bertz CT molecular complexity index is 724. The van der Waals surface area contributed by atoms with Crippen molar-refractivity contribution in [3.05, 3.63) is 47.9 Å². The van der Waals surface area contributed by atoms with Gasteiger partial charge >= 0.3 is 5.97 Å². The van der Waals surface area contributed by atoms with Gasteiger partial charge in [-0.3, -0.25) is 4.79 Å². The van der Waals surface area contributed by atoms with Crippen LogP contribution in [-0.2, 0) is 4.74 Å². The van der Waals surface area contributed by atoms with Gasteiger partial charge in [0.15, 0.2) is 5.76 Å². The van der Waals surface area contributed by atoms with E-state index in [1.807, 2.05) is 31.2 Å². The summed E-state index contributed by atoms with van der Waals surface area (Å²) >= 11 is 1.73. The van der Waals surface area contributed by atoms with Gasteiger partial charge in [0.05, 0.1) is 18.4 Å². The molecule has 1 aromatic carbocycles. The van der Waals surface area contributed by atoms with Crippen LogP contribution >= 0.6 is 11.8 Å². The van der Waals surface area contributed by atoms with E-state index in [2.05, 4.69) is 4.74 Å². The molecule has 1 aromatic heterocycles. The molecule has 0 saturated carbocycles. The number of carbonyl (C=O) groups is 2. The molecule has 114 valence electrons. The lowest BCUT2D eigenvalue weighted by atomic mass is 10.2. The average molecular weight is 317 g/mol. The molecule has 0 unspecified atom stereocenters. The van der Waals surface area contributed by atoms with Crippen LogP contribution in [0.1, 0.15) is 27.8 Å². The van der Waals surface area contributed by atoms with Gasteiger partial charge in [-0.15, -0.1) is 11.8 Å². The van der Waals surface area contributed by atoms with Crippen molar-refractivity contribution in [2.45, 2.75) is 17.9 Å². The summed E-state index contributed by atoms with van der Waals surface area (Å²) in [6.07, 6.45) is 1.24. The van der Waals surface area contributed by atoms with Gasteiger partial charge in [0.25, 0.3) is 5.91 Å². The van der Waals surface area contributed by atoms with E-state index >= 15 is 0 Å². The number of thioether (sulfide) groups is 1. The molecule has 22 heavy (non-hydrogen) atoms. The number of rotatable bonds is 2. The second-order valence-electron chi connectivity index (χ2n) is 4.99. The van der Waals surface area contributed by atoms with Crippen molar-refractivity contribution in [2.24, 2.45) is 0 Å². The quantitative estimate of drug-likeness (QED) is 0.796. The average Bonchev–Trinajstić information content (AvgIpc) is 3.03. The Morgan fingerprint density at radius 3 is 2.91 bits per heavy atom. The SMILES string of the molecule is COC(=O)c1coc(C(=O)N2c3ccccc3SC[C@H]2C)c1. The number of hydrogen-bond acceptors (Lipinski definition) is 5. The van der Waals surface area contributed by atoms with E-state index in [4.69, 9.17) is 4.42 Å². The Balaban J connectivity index is 1.95. The number of amides is 1. The first-order valence-corrected chi connectivity index (χ1v) is 7.82. The first kappa shape index (κ1) is 14.7. The molecule has 0 N–H and O–H groups in total. The number of fused-ring (bicyclic) bond motifs is 1. The summed E-state index contributed by atoms with van der Waals surface area (Å²) in [6.45, 7) is 1.99. The maximum absolute atomic E-state index is 12.8. The van der Waals surface area contributed by atoms with E-state index in [1.54, 1.807) is 16.7 Å². The number of ether oxygens (including phenoxy) is 1. The number of esters is 1. The predicted octanol–water partition coefficient (Wildman–Crippen LogP) is 3.21. The highest BCUT2D eigenvalue weighted by molar-refractivity contribution is 7.99. The van der Waals surface area contributed by atoms with Gasteiger partial charge in [-0.25, -0.2) is 4.79 Å². The highest BCUT2D eigenvalue weighted by Gasteiger charge is 2.31. The Hall–Kier alpha value is -2.21. The molecule has 1 aliphatic rings. The van der Waals surface area contributed by atoms with Crippen LogP contribution in [0.2, 0.25) is 0 Å². The molecule has 1 atom stereocenters. The van der Waals surface area contributed by atoms with Crippen molar-refractivity contribution in [3.8, 4) is 0 Å². The Morgan fingerprint density at radius 1 is 1.36 bits per heavy atom. The van der Waals surface area contributed by atoms with Gasteiger partial charge in [-0.2, -0.15) is 0 Å². The van der Waals surface area contributed by atoms with Gasteiger partial charge in [0, 0.05) is 22.8 Å². The monoisotopic (exact) mass is 317 g/mol. The molecule has 3 rings (SSSR count). The highest BCUT2D eigenvalue weighted by atomic mass is 32.2.